The molecule has 1 heterocycles. The van der Waals surface area contributed by atoms with Gasteiger partial charge in [-0.2, -0.15) is 13.2 Å². The van der Waals surface area contributed by atoms with Crippen LogP contribution in [0.2, 0.25) is 0 Å². The lowest BCUT2D eigenvalue weighted by atomic mass is 9.94. The van der Waals surface area contributed by atoms with Gasteiger partial charge in [0.2, 0.25) is 0 Å². The fourth-order valence-electron chi connectivity index (χ4n) is 2.98. The maximum absolute atomic E-state index is 13.3. The van der Waals surface area contributed by atoms with Crippen LogP contribution in [0, 0.1) is 0 Å². The summed E-state index contributed by atoms with van der Waals surface area (Å²) >= 11 is 6.29. The highest BCUT2D eigenvalue weighted by atomic mass is 79.9. The minimum absolute atomic E-state index is 0.00680. The van der Waals surface area contributed by atoms with Crippen molar-refractivity contribution in [1.29, 1.82) is 0 Å². The Bertz CT molecular complexity index is 1070. The number of nitrogen functional groups attached to an aromatic ring is 1. The number of nitrogens with two attached hydrogens (primary N) is 1. The second kappa shape index (κ2) is 8.91. The van der Waals surface area contributed by atoms with E-state index in [0.717, 1.165) is 25.2 Å². The molecular formula is C20H17BrF3NOS3. The first-order valence-electron chi connectivity index (χ1n) is 8.65. The highest BCUT2D eigenvalue weighted by Gasteiger charge is 2.30. The normalized spacial score (nSPS) is 13.0. The van der Waals surface area contributed by atoms with E-state index < -0.39 is 11.4 Å². The number of anilines is 1. The van der Waals surface area contributed by atoms with Crippen LogP contribution in [-0.4, -0.2) is 17.0 Å². The van der Waals surface area contributed by atoms with E-state index >= 15 is 0 Å². The Morgan fingerprint density at radius 2 is 1.97 bits per heavy atom. The van der Waals surface area contributed by atoms with Gasteiger partial charge in [0.1, 0.15) is 0 Å². The average molecular weight is 520 g/mol. The summed E-state index contributed by atoms with van der Waals surface area (Å²) in [6.45, 7) is 3.77. The van der Waals surface area contributed by atoms with E-state index in [0.29, 0.717) is 10.4 Å². The van der Waals surface area contributed by atoms with Gasteiger partial charge < -0.3 is 5.73 Å². The Balaban J connectivity index is 1.97. The van der Waals surface area contributed by atoms with E-state index in [1.54, 1.807) is 18.7 Å². The van der Waals surface area contributed by atoms with Crippen molar-refractivity contribution in [3.63, 3.8) is 0 Å². The van der Waals surface area contributed by atoms with Gasteiger partial charge in [0.25, 0.3) is 0 Å². The molecule has 0 radical (unpaired) electrons. The smallest absolute Gasteiger partial charge is 0.398 e. The minimum atomic E-state index is -4.38. The number of halogens is 4. The molecule has 0 aliphatic carbocycles. The molecule has 0 aliphatic rings. The number of hydrogen-bond acceptors (Lipinski definition) is 5. The zero-order valence-corrected chi connectivity index (χ0v) is 19.5. The van der Waals surface area contributed by atoms with Crippen LogP contribution in [0.4, 0.5) is 18.9 Å². The van der Waals surface area contributed by atoms with Crippen molar-refractivity contribution in [2.75, 3.05) is 11.5 Å². The minimum Gasteiger partial charge on any atom is -0.398 e. The summed E-state index contributed by atoms with van der Waals surface area (Å²) < 4.78 is 39.7. The standard InChI is InChI=1S/C20H17BrF3NOS3/c1-3-27-18-14-6-4-11(21)8-16(14)28-19(18)17(26)10(2)13-7-5-12(9-15(13)25)29-20(22,23)24/h4-10H,3,25H2,1-2H3. The Hall–Kier alpha value is -1.16. The molecule has 2 aromatic carbocycles. The van der Waals surface area contributed by atoms with Crippen LogP contribution >= 0.6 is 50.8 Å². The molecule has 0 saturated carbocycles. The van der Waals surface area contributed by atoms with Gasteiger partial charge in [-0.3, -0.25) is 4.79 Å². The zero-order valence-electron chi connectivity index (χ0n) is 15.5. The number of alkyl halides is 3. The van der Waals surface area contributed by atoms with Gasteiger partial charge in [-0.15, -0.1) is 23.1 Å². The Labute approximate surface area is 187 Å². The third kappa shape index (κ3) is 5.13. The van der Waals surface area contributed by atoms with Gasteiger partial charge in [-0.1, -0.05) is 41.9 Å². The van der Waals surface area contributed by atoms with Crippen LogP contribution in [0.3, 0.4) is 0 Å². The predicted molar refractivity (Wildman–Crippen MR) is 121 cm³/mol. The van der Waals surface area contributed by atoms with Gasteiger partial charge in [-0.05, 0) is 47.3 Å². The monoisotopic (exact) mass is 519 g/mol. The molecule has 1 aromatic heterocycles. The topological polar surface area (TPSA) is 43.1 Å². The van der Waals surface area contributed by atoms with E-state index in [4.69, 9.17) is 5.73 Å². The van der Waals surface area contributed by atoms with Crippen molar-refractivity contribution in [1.82, 2.24) is 0 Å². The molecule has 1 unspecified atom stereocenters. The summed E-state index contributed by atoms with van der Waals surface area (Å²) in [4.78, 5) is 14.9. The summed E-state index contributed by atoms with van der Waals surface area (Å²) in [5.41, 5.74) is 2.35. The van der Waals surface area contributed by atoms with Crippen LogP contribution in [0.25, 0.3) is 10.1 Å². The number of thioether (sulfide) groups is 2. The van der Waals surface area contributed by atoms with Crippen LogP contribution in [0.5, 0.6) is 0 Å². The number of fused-ring (bicyclic) bond motifs is 1. The largest absolute Gasteiger partial charge is 0.446 e. The molecule has 2 N–H and O–H groups in total. The zero-order chi connectivity index (χ0) is 21.3. The molecule has 0 fully saturated rings. The second-order valence-corrected chi connectivity index (χ2v) is 10.6. The number of rotatable bonds is 6. The summed E-state index contributed by atoms with van der Waals surface area (Å²) in [6, 6.07) is 10.1. The van der Waals surface area contributed by atoms with Crippen molar-refractivity contribution in [3.05, 3.63) is 51.3 Å². The molecule has 0 amide bonds. The Morgan fingerprint density at radius 3 is 2.59 bits per heavy atom. The summed E-state index contributed by atoms with van der Waals surface area (Å²) in [6.07, 6.45) is 0. The van der Waals surface area contributed by atoms with Crippen molar-refractivity contribution in [2.45, 2.75) is 35.1 Å². The molecule has 0 aliphatic heterocycles. The third-order valence-electron chi connectivity index (χ3n) is 4.27. The number of carbonyl (C=O) groups excluding carboxylic acids is 1. The van der Waals surface area contributed by atoms with Crippen LogP contribution in [0.1, 0.15) is 35.0 Å². The maximum Gasteiger partial charge on any atom is 0.446 e. The quantitative estimate of drug-likeness (QED) is 0.204. The SMILES string of the molecule is CCSc1c(C(=O)C(C)c2ccc(SC(F)(F)F)cc2N)sc2cc(Br)ccc12. The summed E-state index contributed by atoms with van der Waals surface area (Å²) in [5, 5.41) is 1.03. The molecule has 0 bridgehead atoms. The highest BCUT2D eigenvalue weighted by molar-refractivity contribution is 9.10. The first-order valence-corrected chi connectivity index (χ1v) is 12.1. The lowest BCUT2D eigenvalue weighted by Gasteiger charge is -2.15. The molecule has 29 heavy (non-hydrogen) atoms. The van der Waals surface area contributed by atoms with E-state index in [1.807, 2.05) is 25.1 Å². The maximum atomic E-state index is 13.3. The molecule has 3 rings (SSSR count). The fourth-order valence-corrected chi connectivity index (χ4v) is 6.47. The molecule has 0 spiro atoms. The molecular weight excluding hydrogens is 503 g/mol. The number of carbonyl (C=O) groups is 1. The van der Waals surface area contributed by atoms with Crippen LogP contribution in [0.15, 0.2) is 50.7 Å². The van der Waals surface area contributed by atoms with Crippen molar-refractivity contribution in [2.24, 2.45) is 0 Å². The molecule has 154 valence electrons. The highest BCUT2D eigenvalue weighted by Crippen LogP contribution is 2.43. The lowest BCUT2D eigenvalue weighted by molar-refractivity contribution is -0.0328. The van der Waals surface area contributed by atoms with Gasteiger partial charge in [0.15, 0.2) is 5.78 Å². The predicted octanol–water partition coefficient (Wildman–Crippen LogP) is 7.96. The first kappa shape index (κ1) is 22.5. The number of benzene rings is 2. The Morgan fingerprint density at radius 1 is 1.24 bits per heavy atom. The van der Waals surface area contributed by atoms with Crippen molar-refractivity contribution < 1.29 is 18.0 Å². The second-order valence-electron chi connectivity index (χ2n) is 6.26. The first-order chi connectivity index (χ1) is 13.6. The van der Waals surface area contributed by atoms with Gasteiger partial charge in [-0.25, -0.2) is 0 Å². The molecule has 9 heteroatoms. The van der Waals surface area contributed by atoms with Crippen molar-refractivity contribution in [3.8, 4) is 0 Å². The van der Waals surface area contributed by atoms with Crippen molar-refractivity contribution >= 4 is 72.3 Å². The van der Waals surface area contributed by atoms with E-state index in [9.17, 15) is 18.0 Å². The fraction of sp³-hybridized carbons (Fsp3) is 0.250. The number of hydrogen-bond donors (Lipinski definition) is 1. The van der Waals surface area contributed by atoms with Gasteiger partial charge in [0.05, 0.1) is 4.88 Å². The number of Topliss-reactive ketones (excluding diaryl/α,β-unsaturated/α-hetero) is 1. The third-order valence-corrected chi connectivity index (χ3v) is 7.78. The van der Waals surface area contributed by atoms with E-state index in [2.05, 4.69) is 15.9 Å². The number of thiophene rings is 1. The molecule has 2 nitrogen and oxygen atoms in total. The van der Waals surface area contributed by atoms with Gasteiger partial charge >= 0.3 is 5.51 Å². The van der Waals surface area contributed by atoms with Crippen LogP contribution in [-0.2, 0) is 0 Å². The lowest BCUT2D eigenvalue weighted by Crippen LogP contribution is -2.11. The molecule has 1 atom stereocenters. The molecule has 3 aromatic rings. The summed E-state index contributed by atoms with van der Waals surface area (Å²) in [5.74, 6) is 0.177. The van der Waals surface area contributed by atoms with E-state index in [-0.39, 0.29) is 28.1 Å². The number of ketones is 1. The van der Waals surface area contributed by atoms with E-state index in [1.165, 1.54) is 29.5 Å². The summed E-state index contributed by atoms with van der Waals surface area (Å²) in [7, 11) is 0. The average Bonchev–Trinajstić information content (AvgIpc) is 2.97. The Kier molecular flexibility index (Phi) is 6.92. The van der Waals surface area contributed by atoms with Gasteiger partial charge in [0, 0.05) is 36.0 Å². The molecule has 0 saturated heterocycles. The van der Waals surface area contributed by atoms with Crippen LogP contribution < -0.4 is 5.73 Å².